The third-order valence-corrected chi connectivity index (χ3v) is 6.65. The van der Waals surface area contributed by atoms with Crippen molar-refractivity contribution in [2.24, 2.45) is 5.92 Å². The highest BCUT2D eigenvalue weighted by atomic mass is 32.1. The van der Waals surface area contributed by atoms with Crippen molar-refractivity contribution in [1.82, 2.24) is 10.2 Å². The number of aryl methyl sites for hydroxylation is 1. The van der Waals surface area contributed by atoms with Gasteiger partial charge in [0.15, 0.2) is 0 Å². The summed E-state index contributed by atoms with van der Waals surface area (Å²) in [4.78, 5) is 16.4. The number of benzene rings is 1. The van der Waals surface area contributed by atoms with Crippen LogP contribution < -0.4 is 14.8 Å². The van der Waals surface area contributed by atoms with Gasteiger partial charge in [0.25, 0.3) is 0 Å². The number of ether oxygens (including phenoxy) is 2. The molecule has 158 valence electrons. The Labute approximate surface area is 178 Å². The van der Waals surface area contributed by atoms with E-state index in [9.17, 15) is 4.79 Å². The van der Waals surface area contributed by atoms with Crippen LogP contribution in [0.25, 0.3) is 0 Å². The Morgan fingerprint density at radius 1 is 1.21 bits per heavy atom. The topological polar surface area (TPSA) is 50.8 Å². The molecule has 0 spiro atoms. The molecule has 2 heterocycles. The number of hydrogen-bond acceptors (Lipinski definition) is 5. The largest absolute Gasteiger partial charge is 0.497 e. The Bertz CT molecular complexity index is 748. The average molecular weight is 417 g/mol. The summed E-state index contributed by atoms with van der Waals surface area (Å²) in [6.07, 6.45) is 3.57. The predicted octanol–water partition coefficient (Wildman–Crippen LogP) is 4.29. The second-order valence-corrected chi connectivity index (χ2v) is 8.75. The minimum atomic E-state index is 0.0821. The lowest BCUT2D eigenvalue weighted by molar-refractivity contribution is -0.121. The first kappa shape index (κ1) is 21.7. The molecular weight excluding hydrogens is 384 g/mol. The van der Waals surface area contributed by atoms with Crippen LogP contribution in [0.15, 0.2) is 35.7 Å². The maximum absolute atomic E-state index is 12.5. The summed E-state index contributed by atoms with van der Waals surface area (Å²) in [6, 6.07) is 10.3. The summed E-state index contributed by atoms with van der Waals surface area (Å²) in [7, 11) is 3.27. The molecule has 1 fully saturated rings. The number of nitrogens with one attached hydrogen (secondary N) is 1. The van der Waals surface area contributed by atoms with Crippen LogP contribution in [0.4, 0.5) is 0 Å². The molecule has 3 rings (SSSR count). The molecule has 5 nitrogen and oxygen atoms in total. The molecule has 1 aromatic heterocycles. The second kappa shape index (κ2) is 10.6. The minimum absolute atomic E-state index is 0.0821. The van der Waals surface area contributed by atoms with Crippen molar-refractivity contribution in [1.29, 1.82) is 0 Å². The van der Waals surface area contributed by atoms with E-state index in [4.69, 9.17) is 9.47 Å². The van der Waals surface area contributed by atoms with Gasteiger partial charge in [0, 0.05) is 23.9 Å². The Kier molecular flexibility index (Phi) is 7.95. The summed E-state index contributed by atoms with van der Waals surface area (Å²) in [6.45, 7) is 5.19. The molecule has 1 aliphatic heterocycles. The van der Waals surface area contributed by atoms with Crippen LogP contribution >= 0.6 is 11.3 Å². The number of thiophene rings is 1. The van der Waals surface area contributed by atoms with Crippen LogP contribution in [0.5, 0.6) is 11.5 Å². The maximum Gasteiger partial charge on any atom is 0.220 e. The first-order valence-electron chi connectivity index (χ1n) is 10.3. The number of rotatable bonds is 9. The average Bonchev–Trinajstić information content (AvgIpc) is 3.28. The molecule has 1 saturated heterocycles. The van der Waals surface area contributed by atoms with Gasteiger partial charge in [-0.25, -0.2) is 0 Å². The van der Waals surface area contributed by atoms with E-state index in [1.54, 1.807) is 25.6 Å². The van der Waals surface area contributed by atoms with Crippen molar-refractivity contribution in [2.45, 2.75) is 38.6 Å². The van der Waals surface area contributed by atoms with Crippen LogP contribution in [-0.2, 0) is 11.2 Å². The van der Waals surface area contributed by atoms with Crippen molar-refractivity contribution >= 4 is 17.2 Å². The van der Waals surface area contributed by atoms with E-state index >= 15 is 0 Å². The van der Waals surface area contributed by atoms with E-state index in [-0.39, 0.29) is 11.9 Å². The highest BCUT2D eigenvalue weighted by Gasteiger charge is 2.25. The predicted molar refractivity (Wildman–Crippen MR) is 118 cm³/mol. The zero-order chi connectivity index (χ0) is 20.6. The lowest BCUT2D eigenvalue weighted by Crippen LogP contribution is -2.41. The molecule has 0 radical (unpaired) electrons. The number of amides is 1. The van der Waals surface area contributed by atoms with Gasteiger partial charge in [-0.1, -0.05) is 13.0 Å². The summed E-state index contributed by atoms with van der Waals surface area (Å²) >= 11 is 1.77. The molecule has 29 heavy (non-hydrogen) atoms. The Hall–Kier alpha value is -2.05. The first-order chi connectivity index (χ1) is 14.1. The monoisotopic (exact) mass is 416 g/mol. The normalized spacial score (nSPS) is 16.4. The van der Waals surface area contributed by atoms with Crippen molar-refractivity contribution in [3.05, 3.63) is 46.2 Å². The van der Waals surface area contributed by atoms with E-state index < -0.39 is 0 Å². The Morgan fingerprint density at radius 2 is 1.90 bits per heavy atom. The Morgan fingerprint density at radius 3 is 2.48 bits per heavy atom. The van der Waals surface area contributed by atoms with E-state index in [0.29, 0.717) is 19.4 Å². The Balaban J connectivity index is 1.55. The van der Waals surface area contributed by atoms with Crippen LogP contribution in [0, 0.1) is 5.92 Å². The molecule has 1 N–H and O–H groups in total. The van der Waals surface area contributed by atoms with Crippen LogP contribution in [0.1, 0.15) is 42.7 Å². The number of nitrogens with zero attached hydrogens (tertiary/aromatic N) is 1. The third kappa shape index (κ3) is 6.21. The third-order valence-electron chi connectivity index (χ3n) is 5.68. The number of carbonyl (C=O) groups excluding carboxylic acids is 1. The molecule has 1 amide bonds. The number of hydrogen-bond donors (Lipinski definition) is 1. The number of carbonyl (C=O) groups is 1. The molecule has 0 bridgehead atoms. The van der Waals surface area contributed by atoms with Gasteiger partial charge >= 0.3 is 0 Å². The van der Waals surface area contributed by atoms with Gasteiger partial charge in [0.1, 0.15) is 11.5 Å². The molecule has 1 aromatic carbocycles. The van der Waals surface area contributed by atoms with Gasteiger partial charge in [0.2, 0.25) is 5.91 Å². The van der Waals surface area contributed by atoms with Gasteiger partial charge in [-0.05, 0) is 67.4 Å². The molecular formula is C23H32N2O3S. The number of piperidine rings is 1. The lowest BCUT2D eigenvalue weighted by atomic mass is 9.97. The molecule has 1 atom stereocenters. The highest BCUT2D eigenvalue weighted by Crippen LogP contribution is 2.29. The van der Waals surface area contributed by atoms with Crippen LogP contribution in [0.2, 0.25) is 0 Å². The summed E-state index contributed by atoms with van der Waals surface area (Å²) in [5.41, 5.74) is 1.04. The smallest absolute Gasteiger partial charge is 0.220 e. The quantitative estimate of drug-likeness (QED) is 0.663. The molecule has 0 saturated carbocycles. The van der Waals surface area contributed by atoms with Gasteiger partial charge < -0.3 is 14.8 Å². The molecule has 0 aliphatic carbocycles. The van der Waals surface area contributed by atoms with Gasteiger partial charge in [-0.3, -0.25) is 9.69 Å². The zero-order valence-corrected chi connectivity index (χ0v) is 18.5. The van der Waals surface area contributed by atoms with E-state index in [1.807, 2.05) is 18.2 Å². The van der Waals surface area contributed by atoms with Gasteiger partial charge in [-0.2, -0.15) is 0 Å². The summed E-state index contributed by atoms with van der Waals surface area (Å²) < 4.78 is 10.6. The fraction of sp³-hybridized carbons (Fsp3) is 0.522. The highest BCUT2D eigenvalue weighted by molar-refractivity contribution is 7.10. The molecule has 6 heteroatoms. The van der Waals surface area contributed by atoms with Crippen molar-refractivity contribution in [2.75, 3.05) is 33.9 Å². The van der Waals surface area contributed by atoms with Gasteiger partial charge in [-0.15, -0.1) is 11.3 Å². The van der Waals surface area contributed by atoms with E-state index in [1.165, 1.54) is 17.7 Å². The fourth-order valence-corrected chi connectivity index (χ4v) is 4.66. The molecule has 1 aliphatic rings. The van der Waals surface area contributed by atoms with Crippen LogP contribution in [-0.4, -0.2) is 44.7 Å². The van der Waals surface area contributed by atoms with Crippen molar-refractivity contribution < 1.29 is 14.3 Å². The number of methoxy groups -OCH3 is 2. The maximum atomic E-state index is 12.5. The first-order valence-corrected chi connectivity index (χ1v) is 11.2. The second-order valence-electron chi connectivity index (χ2n) is 7.77. The fourth-order valence-electron chi connectivity index (χ4n) is 3.80. The SMILES string of the molecule is COc1cc(CCC(=O)NC[C@@H](c2cccs2)N2CCC(C)CC2)cc(OC)c1. The lowest BCUT2D eigenvalue weighted by Gasteiger charge is -2.36. The standard InChI is InChI=1S/C23H32N2O3S/c1-17-8-10-25(11-9-17)21(22-5-4-12-29-22)16-24-23(26)7-6-18-13-19(27-2)15-20(14-18)28-3/h4-5,12-15,17,21H,6-11,16H2,1-3H3,(H,24,26)/t21-/m0/s1. The number of likely N-dealkylation sites (tertiary alicyclic amines) is 1. The van der Waals surface area contributed by atoms with Crippen LogP contribution in [0.3, 0.4) is 0 Å². The minimum Gasteiger partial charge on any atom is -0.497 e. The van der Waals surface area contributed by atoms with E-state index in [0.717, 1.165) is 36.1 Å². The van der Waals surface area contributed by atoms with E-state index in [2.05, 4.69) is 34.7 Å². The van der Waals surface area contributed by atoms with Crippen molar-refractivity contribution in [3.8, 4) is 11.5 Å². The summed E-state index contributed by atoms with van der Waals surface area (Å²) in [5.74, 6) is 2.37. The molecule has 0 unspecified atom stereocenters. The zero-order valence-electron chi connectivity index (χ0n) is 17.6. The van der Waals surface area contributed by atoms with Crippen molar-refractivity contribution in [3.63, 3.8) is 0 Å². The van der Waals surface area contributed by atoms with Gasteiger partial charge in [0.05, 0.1) is 20.3 Å². The molecule has 2 aromatic rings. The summed E-state index contributed by atoms with van der Waals surface area (Å²) in [5, 5.41) is 5.29.